The Morgan fingerprint density at radius 2 is 2.00 bits per heavy atom. The van der Waals surface area contributed by atoms with E-state index in [0.717, 1.165) is 43.9 Å². The molecule has 1 aliphatic rings. The van der Waals surface area contributed by atoms with Crippen LogP contribution in [0.25, 0.3) is 0 Å². The minimum Gasteiger partial charge on any atom is -0.351 e. The lowest BCUT2D eigenvalue weighted by atomic mass is 10.1. The summed E-state index contributed by atoms with van der Waals surface area (Å²) in [4.78, 5) is 14.4. The standard InChI is InChI=1S/C15H23N3O/c1-12-3-4-14(11-13(12)2)15(19)17-7-10-18-8-5-16-6-9-18/h3-4,11,16H,5-10H2,1-2H3,(H,17,19). The van der Waals surface area contributed by atoms with Crippen LogP contribution >= 0.6 is 0 Å². The highest BCUT2D eigenvalue weighted by atomic mass is 16.1. The molecule has 0 atom stereocenters. The number of nitrogens with one attached hydrogen (secondary N) is 2. The molecule has 0 bridgehead atoms. The third kappa shape index (κ3) is 4.04. The van der Waals surface area contributed by atoms with Crippen molar-refractivity contribution in [2.75, 3.05) is 39.3 Å². The Morgan fingerprint density at radius 3 is 2.68 bits per heavy atom. The number of hydrogen-bond donors (Lipinski definition) is 2. The second-order valence-electron chi connectivity index (χ2n) is 5.15. The summed E-state index contributed by atoms with van der Waals surface area (Å²) >= 11 is 0. The van der Waals surface area contributed by atoms with Crippen LogP contribution < -0.4 is 10.6 Å². The van der Waals surface area contributed by atoms with Crippen molar-refractivity contribution >= 4 is 5.91 Å². The highest BCUT2D eigenvalue weighted by Gasteiger charge is 2.10. The predicted molar refractivity (Wildman–Crippen MR) is 77.6 cm³/mol. The smallest absolute Gasteiger partial charge is 0.251 e. The van der Waals surface area contributed by atoms with Crippen molar-refractivity contribution in [2.45, 2.75) is 13.8 Å². The Kier molecular flexibility index (Phi) is 4.93. The van der Waals surface area contributed by atoms with E-state index in [1.54, 1.807) is 0 Å². The number of carbonyl (C=O) groups is 1. The summed E-state index contributed by atoms with van der Waals surface area (Å²) < 4.78 is 0. The van der Waals surface area contributed by atoms with Gasteiger partial charge in [0.05, 0.1) is 0 Å². The molecule has 1 aromatic carbocycles. The van der Waals surface area contributed by atoms with E-state index in [4.69, 9.17) is 0 Å². The zero-order valence-corrected chi connectivity index (χ0v) is 11.8. The maximum absolute atomic E-state index is 12.0. The fourth-order valence-corrected chi connectivity index (χ4v) is 2.25. The Labute approximate surface area is 115 Å². The van der Waals surface area contributed by atoms with Crippen LogP contribution in [0.2, 0.25) is 0 Å². The monoisotopic (exact) mass is 261 g/mol. The summed E-state index contributed by atoms with van der Waals surface area (Å²) in [7, 11) is 0. The number of nitrogens with zero attached hydrogens (tertiary/aromatic N) is 1. The number of amides is 1. The van der Waals surface area contributed by atoms with Crippen LogP contribution in [-0.2, 0) is 0 Å². The lowest BCUT2D eigenvalue weighted by Gasteiger charge is -2.27. The molecule has 1 saturated heterocycles. The normalized spacial score (nSPS) is 16.3. The molecule has 4 nitrogen and oxygen atoms in total. The molecule has 1 aromatic rings. The van der Waals surface area contributed by atoms with Crippen molar-refractivity contribution in [1.82, 2.24) is 15.5 Å². The summed E-state index contributed by atoms with van der Waals surface area (Å²) in [5.41, 5.74) is 3.13. The molecule has 1 heterocycles. The van der Waals surface area contributed by atoms with Crippen LogP contribution in [-0.4, -0.2) is 50.1 Å². The molecule has 2 rings (SSSR count). The zero-order valence-electron chi connectivity index (χ0n) is 11.8. The molecule has 0 radical (unpaired) electrons. The van der Waals surface area contributed by atoms with Crippen LogP contribution in [0.1, 0.15) is 21.5 Å². The van der Waals surface area contributed by atoms with Gasteiger partial charge in [0, 0.05) is 44.8 Å². The molecule has 4 heteroatoms. The van der Waals surface area contributed by atoms with E-state index >= 15 is 0 Å². The third-order valence-electron chi connectivity index (χ3n) is 3.69. The van der Waals surface area contributed by atoms with Crippen LogP contribution in [0, 0.1) is 13.8 Å². The van der Waals surface area contributed by atoms with Gasteiger partial charge in [-0.3, -0.25) is 9.69 Å². The summed E-state index contributed by atoms with van der Waals surface area (Å²) in [6.45, 7) is 9.97. The van der Waals surface area contributed by atoms with Crippen LogP contribution in [0.15, 0.2) is 18.2 Å². The Balaban J connectivity index is 1.78. The predicted octanol–water partition coefficient (Wildman–Crippen LogP) is 0.938. The second kappa shape index (κ2) is 6.68. The van der Waals surface area contributed by atoms with Gasteiger partial charge in [0.1, 0.15) is 0 Å². The van der Waals surface area contributed by atoms with Gasteiger partial charge in [0.25, 0.3) is 5.91 Å². The Bertz CT molecular complexity index is 439. The van der Waals surface area contributed by atoms with Gasteiger partial charge in [0.15, 0.2) is 0 Å². The number of rotatable bonds is 4. The molecule has 0 saturated carbocycles. The Hall–Kier alpha value is -1.39. The molecule has 2 N–H and O–H groups in total. The van der Waals surface area contributed by atoms with Gasteiger partial charge in [-0.05, 0) is 37.1 Å². The molecule has 1 amide bonds. The quantitative estimate of drug-likeness (QED) is 0.848. The molecule has 104 valence electrons. The first kappa shape index (κ1) is 14.0. The molecule has 1 aliphatic heterocycles. The molecule has 0 spiro atoms. The zero-order chi connectivity index (χ0) is 13.7. The lowest BCUT2D eigenvalue weighted by molar-refractivity contribution is 0.0947. The van der Waals surface area contributed by atoms with Gasteiger partial charge >= 0.3 is 0 Å². The van der Waals surface area contributed by atoms with Gasteiger partial charge in [-0.15, -0.1) is 0 Å². The van der Waals surface area contributed by atoms with Crippen molar-refractivity contribution in [3.05, 3.63) is 34.9 Å². The lowest BCUT2D eigenvalue weighted by Crippen LogP contribution is -2.46. The van der Waals surface area contributed by atoms with E-state index in [0.29, 0.717) is 6.54 Å². The first-order chi connectivity index (χ1) is 9.16. The largest absolute Gasteiger partial charge is 0.351 e. The average Bonchev–Trinajstić information content (AvgIpc) is 2.43. The minimum atomic E-state index is 0.0261. The SMILES string of the molecule is Cc1ccc(C(=O)NCCN2CCNCC2)cc1C. The summed E-state index contributed by atoms with van der Waals surface area (Å²) in [6.07, 6.45) is 0. The van der Waals surface area contributed by atoms with E-state index < -0.39 is 0 Å². The molecule has 19 heavy (non-hydrogen) atoms. The second-order valence-corrected chi connectivity index (χ2v) is 5.15. The highest BCUT2D eigenvalue weighted by molar-refractivity contribution is 5.94. The van der Waals surface area contributed by atoms with Crippen LogP contribution in [0.3, 0.4) is 0 Å². The molecule has 0 aliphatic carbocycles. The number of carbonyl (C=O) groups excluding carboxylic acids is 1. The molecular weight excluding hydrogens is 238 g/mol. The summed E-state index contributed by atoms with van der Waals surface area (Å²) in [6, 6.07) is 5.85. The fraction of sp³-hybridized carbons (Fsp3) is 0.533. The summed E-state index contributed by atoms with van der Waals surface area (Å²) in [5.74, 6) is 0.0261. The number of piperazine rings is 1. The fourth-order valence-electron chi connectivity index (χ4n) is 2.25. The molecule has 1 fully saturated rings. The molecular formula is C15H23N3O. The first-order valence-corrected chi connectivity index (χ1v) is 6.95. The number of benzene rings is 1. The van der Waals surface area contributed by atoms with E-state index in [9.17, 15) is 4.79 Å². The van der Waals surface area contributed by atoms with Crippen molar-refractivity contribution in [3.8, 4) is 0 Å². The van der Waals surface area contributed by atoms with Crippen molar-refractivity contribution < 1.29 is 4.79 Å². The van der Waals surface area contributed by atoms with Crippen molar-refractivity contribution in [2.24, 2.45) is 0 Å². The molecule has 0 unspecified atom stereocenters. The maximum atomic E-state index is 12.0. The van der Waals surface area contributed by atoms with Crippen LogP contribution in [0.5, 0.6) is 0 Å². The van der Waals surface area contributed by atoms with Gasteiger partial charge in [-0.1, -0.05) is 6.07 Å². The van der Waals surface area contributed by atoms with Gasteiger partial charge < -0.3 is 10.6 Å². The van der Waals surface area contributed by atoms with Gasteiger partial charge in [-0.2, -0.15) is 0 Å². The van der Waals surface area contributed by atoms with Gasteiger partial charge in [0.2, 0.25) is 0 Å². The van der Waals surface area contributed by atoms with E-state index in [1.807, 2.05) is 25.1 Å². The number of aryl methyl sites for hydroxylation is 2. The Morgan fingerprint density at radius 1 is 1.26 bits per heavy atom. The van der Waals surface area contributed by atoms with E-state index in [-0.39, 0.29) is 5.91 Å². The van der Waals surface area contributed by atoms with E-state index in [1.165, 1.54) is 5.56 Å². The van der Waals surface area contributed by atoms with Crippen molar-refractivity contribution in [1.29, 1.82) is 0 Å². The van der Waals surface area contributed by atoms with Gasteiger partial charge in [-0.25, -0.2) is 0 Å². The number of hydrogen-bond acceptors (Lipinski definition) is 3. The minimum absolute atomic E-state index is 0.0261. The average molecular weight is 261 g/mol. The summed E-state index contributed by atoms with van der Waals surface area (Å²) in [5, 5.41) is 6.31. The maximum Gasteiger partial charge on any atom is 0.251 e. The van der Waals surface area contributed by atoms with Crippen LogP contribution in [0.4, 0.5) is 0 Å². The molecule has 0 aromatic heterocycles. The third-order valence-corrected chi connectivity index (χ3v) is 3.69. The van der Waals surface area contributed by atoms with E-state index in [2.05, 4.69) is 22.5 Å². The van der Waals surface area contributed by atoms with Crippen molar-refractivity contribution in [3.63, 3.8) is 0 Å². The topological polar surface area (TPSA) is 44.4 Å². The highest BCUT2D eigenvalue weighted by Crippen LogP contribution is 2.09. The first-order valence-electron chi connectivity index (χ1n) is 6.95.